The summed E-state index contributed by atoms with van der Waals surface area (Å²) in [6, 6.07) is 31.1. The Balaban J connectivity index is 1.53. The van der Waals surface area contributed by atoms with Crippen molar-refractivity contribution in [3.8, 4) is 5.75 Å². The van der Waals surface area contributed by atoms with Crippen molar-refractivity contribution in [2.45, 2.75) is 13.2 Å². The van der Waals surface area contributed by atoms with Gasteiger partial charge in [0, 0.05) is 27.7 Å². The lowest BCUT2D eigenvalue weighted by Crippen LogP contribution is -2.04. The van der Waals surface area contributed by atoms with Crippen molar-refractivity contribution in [2.75, 3.05) is 5.32 Å². The average Bonchev–Trinajstić information content (AvgIpc) is 2.72. The predicted molar refractivity (Wildman–Crippen MR) is 116 cm³/mol. The van der Waals surface area contributed by atoms with E-state index in [0.717, 1.165) is 27.0 Å². The Morgan fingerprint density at radius 1 is 0.778 bits per heavy atom. The van der Waals surface area contributed by atoms with E-state index in [0.29, 0.717) is 13.2 Å². The number of rotatable bonds is 6. The molecule has 0 saturated heterocycles. The Bertz CT molecular complexity index is 1040. The van der Waals surface area contributed by atoms with Crippen LogP contribution in [0.15, 0.2) is 95.5 Å². The lowest BCUT2D eigenvalue weighted by Gasteiger charge is -2.15. The molecule has 0 aromatic heterocycles. The Kier molecular flexibility index (Phi) is 5.40. The standard InChI is InChI=1S/C24H20BrNO/c25-21-13-14-24(27-17-18-7-2-1-3-8-18)20(15-21)16-26-23-12-6-10-19-9-4-5-11-22(19)23/h1-15,26H,16-17H2. The van der Waals surface area contributed by atoms with Gasteiger partial charge in [0.05, 0.1) is 0 Å². The van der Waals surface area contributed by atoms with Gasteiger partial charge in [-0.05, 0) is 35.2 Å². The van der Waals surface area contributed by atoms with E-state index in [1.165, 1.54) is 10.8 Å². The first-order valence-corrected chi connectivity index (χ1v) is 9.76. The Hall–Kier alpha value is -2.78. The molecule has 0 saturated carbocycles. The summed E-state index contributed by atoms with van der Waals surface area (Å²) in [6.45, 7) is 1.25. The van der Waals surface area contributed by atoms with E-state index in [4.69, 9.17) is 4.74 Å². The van der Waals surface area contributed by atoms with E-state index < -0.39 is 0 Å². The van der Waals surface area contributed by atoms with Crippen molar-refractivity contribution in [2.24, 2.45) is 0 Å². The van der Waals surface area contributed by atoms with Gasteiger partial charge in [0.25, 0.3) is 0 Å². The summed E-state index contributed by atoms with van der Waals surface area (Å²) < 4.78 is 7.14. The molecule has 4 aromatic rings. The van der Waals surface area contributed by atoms with E-state index in [1.54, 1.807) is 0 Å². The fraction of sp³-hybridized carbons (Fsp3) is 0.0833. The largest absolute Gasteiger partial charge is 0.489 e. The van der Waals surface area contributed by atoms with Crippen LogP contribution in [-0.4, -0.2) is 0 Å². The monoisotopic (exact) mass is 417 g/mol. The summed E-state index contributed by atoms with van der Waals surface area (Å²) in [5.74, 6) is 0.898. The molecular weight excluding hydrogens is 398 g/mol. The molecule has 0 radical (unpaired) electrons. The van der Waals surface area contributed by atoms with Crippen LogP contribution in [0, 0.1) is 0 Å². The number of ether oxygens (including phenoxy) is 1. The topological polar surface area (TPSA) is 21.3 Å². The summed E-state index contributed by atoms with van der Waals surface area (Å²) in [7, 11) is 0. The van der Waals surface area contributed by atoms with Gasteiger partial charge in [-0.25, -0.2) is 0 Å². The minimum atomic E-state index is 0.559. The minimum absolute atomic E-state index is 0.559. The summed E-state index contributed by atoms with van der Waals surface area (Å²) in [6.07, 6.45) is 0. The first-order valence-electron chi connectivity index (χ1n) is 8.96. The first-order chi connectivity index (χ1) is 13.3. The molecule has 0 amide bonds. The maximum atomic E-state index is 6.09. The van der Waals surface area contributed by atoms with Gasteiger partial charge in [0.15, 0.2) is 0 Å². The van der Waals surface area contributed by atoms with Crippen molar-refractivity contribution in [1.82, 2.24) is 0 Å². The summed E-state index contributed by atoms with van der Waals surface area (Å²) in [4.78, 5) is 0. The maximum Gasteiger partial charge on any atom is 0.124 e. The number of anilines is 1. The molecule has 134 valence electrons. The van der Waals surface area contributed by atoms with Gasteiger partial charge >= 0.3 is 0 Å². The minimum Gasteiger partial charge on any atom is -0.489 e. The first kappa shape index (κ1) is 17.6. The van der Waals surface area contributed by atoms with Crippen LogP contribution in [0.2, 0.25) is 0 Å². The van der Waals surface area contributed by atoms with Gasteiger partial charge in [-0.15, -0.1) is 0 Å². The fourth-order valence-corrected chi connectivity index (χ4v) is 3.54. The zero-order chi connectivity index (χ0) is 18.5. The molecule has 0 heterocycles. The van der Waals surface area contributed by atoms with Crippen LogP contribution in [0.4, 0.5) is 5.69 Å². The SMILES string of the molecule is Brc1ccc(OCc2ccccc2)c(CNc2cccc3ccccc23)c1. The molecule has 0 atom stereocenters. The number of hydrogen-bond donors (Lipinski definition) is 1. The number of benzene rings is 4. The van der Waals surface area contributed by atoms with Gasteiger partial charge in [-0.1, -0.05) is 82.7 Å². The van der Waals surface area contributed by atoms with Gasteiger partial charge < -0.3 is 10.1 Å². The van der Waals surface area contributed by atoms with E-state index >= 15 is 0 Å². The van der Waals surface area contributed by atoms with Crippen LogP contribution in [0.1, 0.15) is 11.1 Å². The predicted octanol–water partition coefficient (Wildman–Crippen LogP) is 6.79. The molecule has 2 nitrogen and oxygen atoms in total. The highest BCUT2D eigenvalue weighted by molar-refractivity contribution is 9.10. The third-order valence-corrected chi connectivity index (χ3v) is 5.01. The fourth-order valence-electron chi connectivity index (χ4n) is 3.13. The summed E-state index contributed by atoms with van der Waals surface area (Å²) in [5.41, 5.74) is 3.41. The molecule has 3 heteroatoms. The third-order valence-electron chi connectivity index (χ3n) is 4.52. The lowest BCUT2D eigenvalue weighted by atomic mass is 10.1. The molecule has 0 aliphatic rings. The van der Waals surface area contributed by atoms with Crippen molar-refractivity contribution in [3.05, 3.63) is 107 Å². The van der Waals surface area contributed by atoms with Crippen LogP contribution in [0.5, 0.6) is 5.75 Å². The van der Waals surface area contributed by atoms with Crippen molar-refractivity contribution in [3.63, 3.8) is 0 Å². The highest BCUT2D eigenvalue weighted by atomic mass is 79.9. The summed E-state index contributed by atoms with van der Waals surface area (Å²) >= 11 is 3.58. The highest BCUT2D eigenvalue weighted by Gasteiger charge is 2.07. The Labute approximate surface area is 167 Å². The van der Waals surface area contributed by atoms with Crippen LogP contribution < -0.4 is 10.1 Å². The van der Waals surface area contributed by atoms with Gasteiger partial charge in [-0.2, -0.15) is 0 Å². The molecule has 0 spiro atoms. The molecule has 0 aliphatic carbocycles. The quantitative estimate of drug-likeness (QED) is 0.372. The molecule has 0 fully saturated rings. The Morgan fingerprint density at radius 2 is 1.56 bits per heavy atom. The summed E-state index contributed by atoms with van der Waals surface area (Å²) in [5, 5.41) is 6.03. The molecule has 27 heavy (non-hydrogen) atoms. The second-order valence-electron chi connectivity index (χ2n) is 6.41. The molecular formula is C24H20BrNO. The van der Waals surface area contributed by atoms with Crippen LogP contribution in [0.3, 0.4) is 0 Å². The second kappa shape index (κ2) is 8.28. The number of fused-ring (bicyclic) bond motifs is 1. The zero-order valence-electron chi connectivity index (χ0n) is 14.9. The average molecular weight is 418 g/mol. The molecule has 0 bridgehead atoms. The smallest absolute Gasteiger partial charge is 0.124 e. The molecule has 1 N–H and O–H groups in total. The molecule has 4 aromatic carbocycles. The maximum absolute atomic E-state index is 6.09. The van der Waals surface area contributed by atoms with Crippen LogP contribution >= 0.6 is 15.9 Å². The van der Waals surface area contributed by atoms with Gasteiger partial charge in [0.2, 0.25) is 0 Å². The van der Waals surface area contributed by atoms with Gasteiger partial charge in [-0.3, -0.25) is 0 Å². The van der Waals surface area contributed by atoms with Crippen molar-refractivity contribution < 1.29 is 4.74 Å². The van der Waals surface area contributed by atoms with Crippen molar-refractivity contribution >= 4 is 32.4 Å². The van der Waals surface area contributed by atoms with Gasteiger partial charge in [0.1, 0.15) is 12.4 Å². The van der Waals surface area contributed by atoms with Crippen LogP contribution in [-0.2, 0) is 13.2 Å². The second-order valence-corrected chi connectivity index (χ2v) is 7.32. The zero-order valence-corrected chi connectivity index (χ0v) is 16.4. The highest BCUT2D eigenvalue weighted by Crippen LogP contribution is 2.27. The van der Waals surface area contributed by atoms with E-state index in [-0.39, 0.29) is 0 Å². The number of hydrogen-bond acceptors (Lipinski definition) is 2. The molecule has 0 unspecified atom stereocenters. The Morgan fingerprint density at radius 3 is 2.44 bits per heavy atom. The van der Waals surface area contributed by atoms with Crippen LogP contribution in [0.25, 0.3) is 10.8 Å². The van der Waals surface area contributed by atoms with E-state index in [1.807, 2.05) is 30.3 Å². The number of nitrogens with one attached hydrogen (secondary N) is 1. The number of halogens is 1. The normalized spacial score (nSPS) is 10.7. The van der Waals surface area contributed by atoms with E-state index in [2.05, 4.69) is 81.9 Å². The molecule has 4 rings (SSSR count). The van der Waals surface area contributed by atoms with Crippen molar-refractivity contribution in [1.29, 1.82) is 0 Å². The third kappa shape index (κ3) is 4.32. The molecule has 0 aliphatic heterocycles. The lowest BCUT2D eigenvalue weighted by molar-refractivity contribution is 0.303. The van der Waals surface area contributed by atoms with E-state index in [9.17, 15) is 0 Å².